The van der Waals surface area contributed by atoms with Crippen molar-refractivity contribution in [2.75, 3.05) is 18.2 Å². The first-order valence-corrected chi connectivity index (χ1v) is 9.40. The van der Waals surface area contributed by atoms with E-state index in [1.54, 1.807) is 17.8 Å². The number of imide groups is 1. The maximum absolute atomic E-state index is 12.4. The Kier molecular flexibility index (Phi) is 5.27. The van der Waals surface area contributed by atoms with Crippen molar-refractivity contribution in [2.24, 2.45) is 0 Å². The van der Waals surface area contributed by atoms with Gasteiger partial charge in [-0.1, -0.05) is 30.3 Å². The minimum absolute atomic E-state index is 0.164. The van der Waals surface area contributed by atoms with E-state index in [9.17, 15) is 9.59 Å². The highest BCUT2D eigenvalue weighted by Gasteiger charge is 2.34. The number of carbonyl (C=O) groups excluding carboxylic acids is 2. The molecule has 3 rings (SSSR count). The van der Waals surface area contributed by atoms with Crippen LogP contribution in [0.1, 0.15) is 5.56 Å². The van der Waals surface area contributed by atoms with Gasteiger partial charge < -0.3 is 5.32 Å². The van der Waals surface area contributed by atoms with Gasteiger partial charge in [0, 0.05) is 10.6 Å². The number of hydrogen-bond donors (Lipinski definition) is 1. The van der Waals surface area contributed by atoms with Crippen LogP contribution in [0.25, 0.3) is 6.08 Å². The molecule has 0 unspecified atom stereocenters. The number of hydrogen-bond acceptors (Lipinski definition) is 5. The van der Waals surface area contributed by atoms with Gasteiger partial charge in [-0.3, -0.25) is 14.5 Å². The van der Waals surface area contributed by atoms with Crippen molar-refractivity contribution in [1.29, 1.82) is 0 Å². The molecule has 1 aliphatic rings. The molecule has 0 aromatic heterocycles. The minimum atomic E-state index is -0.262. The average molecular weight is 356 g/mol. The monoisotopic (exact) mass is 356 g/mol. The van der Waals surface area contributed by atoms with Crippen LogP contribution in [-0.2, 0) is 4.79 Å². The Labute approximate surface area is 149 Å². The predicted molar refractivity (Wildman–Crippen MR) is 101 cm³/mol. The quantitative estimate of drug-likeness (QED) is 0.631. The first-order valence-electron chi connectivity index (χ1n) is 7.36. The molecule has 122 valence electrons. The maximum Gasteiger partial charge on any atom is 0.295 e. The molecule has 0 aliphatic carbocycles. The molecule has 0 bridgehead atoms. The van der Waals surface area contributed by atoms with E-state index >= 15 is 0 Å². The molecule has 0 spiro atoms. The number of thioether (sulfide) groups is 2. The molecule has 0 atom stereocenters. The predicted octanol–water partition coefficient (Wildman–Crippen LogP) is 4.51. The summed E-state index contributed by atoms with van der Waals surface area (Å²) in [6.07, 6.45) is 3.78. The zero-order valence-corrected chi connectivity index (χ0v) is 14.7. The van der Waals surface area contributed by atoms with Gasteiger partial charge in [0.1, 0.15) is 0 Å². The summed E-state index contributed by atoms with van der Waals surface area (Å²) in [5.41, 5.74) is 1.78. The summed E-state index contributed by atoms with van der Waals surface area (Å²) >= 11 is 2.64. The van der Waals surface area contributed by atoms with Gasteiger partial charge in [0.2, 0.25) is 0 Å². The largest absolute Gasteiger partial charge is 0.367 e. The molecule has 0 radical (unpaired) electrons. The number of rotatable bonds is 5. The zero-order chi connectivity index (χ0) is 16.9. The molecule has 2 aromatic carbocycles. The van der Waals surface area contributed by atoms with E-state index in [2.05, 4.69) is 5.32 Å². The molecule has 1 fully saturated rings. The fourth-order valence-corrected chi connectivity index (χ4v) is 3.46. The van der Waals surface area contributed by atoms with Crippen molar-refractivity contribution in [3.05, 3.63) is 65.1 Å². The molecule has 2 aromatic rings. The molecule has 24 heavy (non-hydrogen) atoms. The molecule has 4 nitrogen and oxygen atoms in total. The van der Waals surface area contributed by atoms with Gasteiger partial charge >= 0.3 is 0 Å². The molecule has 1 N–H and O–H groups in total. The highest BCUT2D eigenvalue weighted by molar-refractivity contribution is 8.18. The Morgan fingerprint density at radius 3 is 2.46 bits per heavy atom. The van der Waals surface area contributed by atoms with Crippen molar-refractivity contribution in [3.8, 4) is 0 Å². The van der Waals surface area contributed by atoms with Crippen LogP contribution in [0, 0.1) is 0 Å². The van der Waals surface area contributed by atoms with Crippen molar-refractivity contribution in [3.63, 3.8) is 0 Å². The summed E-state index contributed by atoms with van der Waals surface area (Å²) in [5.74, 6) is -0.262. The van der Waals surface area contributed by atoms with Gasteiger partial charge in [-0.15, -0.1) is 11.8 Å². The van der Waals surface area contributed by atoms with Crippen molar-refractivity contribution >= 4 is 46.4 Å². The number of para-hydroxylation sites is 1. The number of nitrogens with one attached hydrogen (secondary N) is 1. The third-order valence-corrected chi connectivity index (χ3v) is 5.15. The van der Waals surface area contributed by atoms with E-state index in [1.165, 1.54) is 4.90 Å². The second-order valence-corrected chi connectivity index (χ2v) is 6.96. The van der Waals surface area contributed by atoms with Crippen LogP contribution in [0.4, 0.5) is 10.5 Å². The topological polar surface area (TPSA) is 49.4 Å². The molecule has 2 amide bonds. The van der Waals surface area contributed by atoms with Crippen LogP contribution >= 0.6 is 23.5 Å². The van der Waals surface area contributed by atoms with Gasteiger partial charge in [0.05, 0.1) is 11.6 Å². The molecular formula is C18H16N2O2S2. The van der Waals surface area contributed by atoms with Crippen molar-refractivity contribution in [1.82, 2.24) is 4.90 Å². The number of benzene rings is 2. The first kappa shape index (κ1) is 16.7. The molecule has 6 heteroatoms. The summed E-state index contributed by atoms with van der Waals surface area (Å²) in [7, 11) is 0. The van der Waals surface area contributed by atoms with Gasteiger partial charge in [-0.2, -0.15) is 0 Å². The summed E-state index contributed by atoms with van der Waals surface area (Å²) in [4.78, 5) is 27.4. The van der Waals surface area contributed by atoms with E-state index in [0.29, 0.717) is 4.91 Å². The van der Waals surface area contributed by atoms with Crippen LogP contribution in [0.3, 0.4) is 0 Å². The highest BCUT2D eigenvalue weighted by atomic mass is 32.2. The Balaban J connectivity index is 1.69. The fraction of sp³-hybridized carbons (Fsp3) is 0.111. The summed E-state index contributed by atoms with van der Waals surface area (Å²) in [6, 6.07) is 17.4. The third-order valence-electron chi connectivity index (χ3n) is 3.50. The Hall–Kier alpha value is -2.18. The lowest BCUT2D eigenvalue weighted by molar-refractivity contribution is -0.122. The van der Waals surface area contributed by atoms with Gasteiger partial charge in [0.15, 0.2) is 0 Å². The zero-order valence-electron chi connectivity index (χ0n) is 13.1. The summed E-state index contributed by atoms with van der Waals surface area (Å²) in [6.45, 7) is 0.164. The Morgan fingerprint density at radius 2 is 1.79 bits per heavy atom. The lowest BCUT2D eigenvalue weighted by Crippen LogP contribution is -2.33. The van der Waals surface area contributed by atoms with Crippen LogP contribution in [0.2, 0.25) is 0 Å². The third kappa shape index (κ3) is 3.83. The van der Waals surface area contributed by atoms with E-state index in [0.717, 1.165) is 27.9 Å². The average Bonchev–Trinajstić information content (AvgIpc) is 2.88. The van der Waals surface area contributed by atoms with Crippen molar-refractivity contribution < 1.29 is 9.59 Å². The Bertz CT molecular complexity index is 773. The molecule has 0 saturated carbocycles. The number of nitrogens with zero attached hydrogens (tertiary/aromatic N) is 1. The first-order chi connectivity index (χ1) is 11.7. The standard InChI is InChI=1S/C18H16N2O2S2/c1-23-15-9-7-13(8-10-15)11-16-17(21)20(18(22)24-16)12-19-14-5-3-2-4-6-14/h2-11,19H,12H2,1H3/b16-11-. The van der Waals surface area contributed by atoms with Crippen molar-refractivity contribution in [2.45, 2.75) is 4.90 Å². The van der Waals surface area contributed by atoms with Crippen LogP contribution in [0.5, 0.6) is 0 Å². The lowest BCUT2D eigenvalue weighted by atomic mass is 10.2. The van der Waals surface area contributed by atoms with E-state index in [-0.39, 0.29) is 17.8 Å². The SMILES string of the molecule is CSc1ccc(/C=C2\SC(=O)N(CNc3ccccc3)C2=O)cc1. The lowest BCUT2D eigenvalue weighted by Gasteiger charge is -2.14. The number of anilines is 1. The van der Waals surface area contributed by atoms with Gasteiger partial charge in [-0.25, -0.2) is 0 Å². The molecular weight excluding hydrogens is 340 g/mol. The molecule has 1 aliphatic heterocycles. The smallest absolute Gasteiger partial charge is 0.295 e. The normalized spacial score (nSPS) is 16.0. The van der Waals surface area contributed by atoms with Gasteiger partial charge in [0.25, 0.3) is 11.1 Å². The van der Waals surface area contributed by atoms with Gasteiger partial charge in [-0.05, 0) is 53.9 Å². The maximum atomic E-state index is 12.4. The molecule has 1 saturated heterocycles. The minimum Gasteiger partial charge on any atom is -0.367 e. The van der Waals surface area contributed by atoms with E-state index < -0.39 is 0 Å². The van der Waals surface area contributed by atoms with Crippen LogP contribution in [0.15, 0.2) is 64.4 Å². The summed E-state index contributed by atoms with van der Waals surface area (Å²) in [5, 5.41) is 2.83. The van der Waals surface area contributed by atoms with Crippen LogP contribution in [-0.4, -0.2) is 29.0 Å². The summed E-state index contributed by atoms with van der Waals surface area (Å²) < 4.78 is 0. The van der Waals surface area contributed by atoms with E-state index in [1.807, 2.05) is 60.9 Å². The van der Waals surface area contributed by atoms with E-state index in [4.69, 9.17) is 0 Å². The second kappa shape index (κ2) is 7.59. The number of amides is 2. The Morgan fingerprint density at radius 1 is 1.08 bits per heavy atom. The highest BCUT2D eigenvalue weighted by Crippen LogP contribution is 2.32. The molecule has 1 heterocycles. The van der Waals surface area contributed by atoms with Crippen LogP contribution < -0.4 is 5.32 Å². The number of carbonyl (C=O) groups is 2. The fourth-order valence-electron chi connectivity index (χ4n) is 2.21. The second-order valence-electron chi connectivity index (χ2n) is 5.08.